The highest BCUT2D eigenvalue weighted by atomic mass is 79.9. The minimum Gasteiger partial charge on any atom is -0.496 e. The SMILES string of the molecule is COCCn1ncc(Br)c1C(O)c1cc(OC)cs1. The second-order valence-corrected chi connectivity index (χ2v) is 5.68. The van der Waals surface area contributed by atoms with Gasteiger partial charge in [0.2, 0.25) is 0 Å². The summed E-state index contributed by atoms with van der Waals surface area (Å²) in [5.41, 5.74) is 0.724. The van der Waals surface area contributed by atoms with Gasteiger partial charge in [-0.2, -0.15) is 5.10 Å². The largest absolute Gasteiger partial charge is 0.496 e. The van der Waals surface area contributed by atoms with Crippen LogP contribution in [0.4, 0.5) is 0 Å². The zero-order valence-corrected chi connectivity index (χ0v) is 13.1. The molecule has 104 valence electrons. The van der Waals surface area contributed by atoms with Gasteiger partial charge in [-0.25, -0.2) is 0 Å². The van der Waals surface area contributed by atoms with Crippen molar-refractivity contribution in [1.82, 2.24) is 9.78 Å². The quantitative estimate of drug-likeness (QED) is 0.872. The number of nitrogens with zero attached hydrogens (tertiary/aromatic N) is 2. The molecule has 0 aromatic carbocycles. The first-order chi connectivity index (χ1) is 9.17. The van der Waals surface area contributed by atoms with Crippen molar-refractivity contribution >= 4 is 27.3 Å². The molecule has 2 heterocycles. The molecule has 0 fully saturated rings. The minimum atomic E-state index is -0.734. The molecule has 0 bridgehead atoms. The van der Waals surface area contributed by atoms with E-state index in [0.29, 0.717) is 13.2 Å². The van der Waals surface area contributed by atoms with Gasteiger partial charge in [-0.15, -0.1) is 11.3 Å². The number of hydrogen-bond acceptors (Lipinski definition) is 5. The monoisotopic (exact) mass is 346 g/mol. The molecule has 0 amide bonds. The molecule has 2 aromatic rings. The van der Waals surface area contributed by atoms with Crippen molar-refractivity contribution in [2.75, 3.05) is 20.8 Å². The van der Waals surface area contributed by atoms with E-state index in [0.717, 1.165) is 20.8 Å². The van der Waals surface area contributed by atoms with Gasteiger partial charge in [-0.05, 0) is 22.0 Å². The topological polar surface area (TPSA) is 56.5 Å². The van der Waals surface area contributed by atoms with Gasteiger partial charge in [0.1, 0.15) is 11.9 Å². The van der Waals surface area contributed by atoms with Gasteiger partial charge in [0.15, 0.2) is 0 Å². The van der Waals surface area contributed by atoms with E-state index in [-0.39, 0.29) is 0 Å². The lowest BCUT2D eigenvalue weighted by molar-refractivity contribution is 0.172. The maximum absolute atomic E-state index is 10.5. The molecule has 0 radical (unpaired) electrons. The molecule has 1 atom stereocenters. The first kappa shape index (κ1) is 14.5. The fourth-order valence-electron chi connectivity index (χ4n) is 1.72. The minimum absolute atomic E-state index is 0.543. The Balaban J connectivity index is 2.26. The number of halogens is 1. The summed E-state index contributed by atoms with van der Waals surface area (Å²) in [7, 11) is 3.25. The van der Waals surface area contributed by atoms with E-state index in [1.54, 1.807) is 25.1 Å². The zero-order chi connectivity index (χ0) is 13.8. The molecule has 0 aliphatic carbocycles. The molecular weight excluding hydrogens is 332 g/mol. The van der Waals surface area contributed by atoms with Gasteiger partial charge >= 0.3 is 0 Å². The molecule has 19 heavy (non-hydrogen) atoms. The average molecular weight is 347 g/mol. The number of hydrogen-bond donors (Lipinski definition) is 1. The highest BCUT2D eigenvalue weighted by Crippen LogP contribution is 2.34. The molecule has 1 N–H and O–H groups in total. The number of aliphatic hydroxyl groups is 1. The van der Waals surface area contributed by atoms with Crippen molar-refractivity contribution in [2.24, 2.45) is 0 Å². The Hall–Kier alpha value is -0.890. The number of thiophene rings is 1. The van der Waals surface area contributed by atoms with Gasteiger partial charge in [0, 0.05) is 17.4 Å². The lowest BCUT2D eigenvalue weighted by atomic mass is 10.2. The summed E-state index contributed by atoms with van der Waals surface area (Å²) in [6.07, 6.45) is 0.946. The normalized spacial score (nSPS) is 12.6. The Morgan fingerprint density at radius 2 is 2.32 bits per heavy atom. The van der Waals surface area contributed by atoms with E-state index in [2.05, 4.69) is 21.0 Å². The van der Waals surface area contributed by atoms with Gasteiger partial charge in [-0.1, -0.05) is 0 Å². The maximum atomic E-state index is 10.5. The van der Waals surface area contributed by atoms with Crippen LogP contribution >= 0.6 is 27.3 Å². The average Bonchev–Trinajstić information content (AvgIpc) is 3.02. The molecular formula is C12H15BrN2O3S. The Labute approximate surface area is 123 Å². The first-order valence-electron chi connectivity index (χ1n) is 5.68. The highest BCUT2D eigenvalue weighted by molar-refractivity contribution is 9.10. The number of aromatic nitrogens is 2. The van der Waals surface area contributed by atoms with Crippen molar-refractivity contribution in [3.05, 3.63) is 32.7 Å². The van der Waals surface area contributed by atoms with Crippen LogP contribution in [0.1, 0.15) is 16.7 Å². The molecule has 0 aliphatic heterocycles. The summed E-state index contributed by atoms with van der Waals surface area (Å²) in [6, 6.07) is 1.83. The highest BCUT2D eigenvalue weighted by Gasteiger charge is 2.21. The number of rotatable bonds is 6. The first-order valence-corrected chi connectivity index (χ1v) is 7.35. The predicted molar refractivity (Wildman–Crippen MR) is 76.7 cm³/mol. The van der Waals surface area contributed by atoms with E-state index in [9.17, 15) is 5.11 Å². The van der Waals surface area contributed by atoms with Crippen LogP contribution in [0.3, 0.4) is 0 Å². The standard InChI is InChI=1S/C12H15BrN2O3S/c1-17-4-3-15-11(9(13)6-14-15)12(16)10-5-8(18-2)7-19-10/h5-7,12,16H,3-4H2,1-2H3. The van der Waals surface area contributed by atoms with Crippen molar-refractivity contribution in [2.45, 2.75) is 12.6 Å². The van der Waals surface area contributed by atoms with Gasteiger partial charge in [0.25, 0.3) is 0 Å². The van der Waals surface area contributed by atoms with Crippen LogP contribution in [0.5, 0.6) is 5.75 Å². The van der Waals surface area contributed by atoms with E-state index in [1.165, 1.54) is 11.3 Å². The number of ether oxygens (including phenoxy) is 2. The van der Waals surface area contributed by atoms with Crippen LogP contribution in [0.15, 0.2) is 22.1 Å². The summed E-state index contributed by atoms with van der Waals surface area (Å²) in [4.78, 5) is 0.816. The molecule has 0 spiro atoms. The van der Waals surface area contributed by atoms with Crippen molar-refractivity contribution in [1.29, 1.82) is 0 Å². The van der Waals surface area contributed by atoms with E-state index < -0.39 is 6.10 Å². The molecule has 2 rings (SSSR count). The molecule has 7 heteroatoms. The molecule has 5 nitrogen and oxygen atoms in total. The Bertz CT molecular complexity index is 541. The maximum Gasteiger partial charge on any atom is 0.131 e. The lowest BCUT2D eigenvalue weighted by Crippen LogP contribution is -2.13. The van der Waals surface area contributed by atoms with Crippen molar-refractivity contribution in [3.63, 3.8) is 0 Å². The second-order valence-electron chi connectivity index (χ2n) is 3.89. The van der Waals surface area contributed by atoms with Crippen molar-refractivity contribution < 1.29 is 14.6 Å². The van der Waals surface area contributed by atoms with Gasteiger partial charge in [0.05, 0.1) is 36.6 Å². The fraction of sp³-hybridized carbons (Fsp3) is 0.417. The Morgan fingerprint density at radius 1 is 1.53 bits per heavy atom. The molecule has 2 aromatic heterocycles. The van der Waals surface area contributed by atoms with E-state index in [4.69, 9.17) is 9.47 Å². The Morgan fingerprint density at radius 3 is 2.95 bits per heavy atom. The van der Waals surface area contributed by atoms with Crippen LogP contribution in [0.2, 0.25) is 0 Å². The van der Waals surface area contributed by atoms with Crippen LogP contribution in [-0.2, 0) is 11.3 Å². The molecule has 1 unspecified atom stereocenters. The van der Waals surface area contributed by atoms with Gasteiger partial charge in [-0.3, -0.25) is 4.68 Å². The molecule has 0 saturated carbocycles. The zero-order valence-electron chi connectivity index (χ0n) is 10.7. The van der Waals surface area contributed by atoms with Crippen LogP contribution < -0.4 is 4.74 Å². The van der Waals surface area contributed by atoms with Crippen LogP contribution in [0, 0.1) is 0 Å². The third kappa shape index (κ3) is 3.17. The summed E-state index contributed by atoms with van der Waals surface area (Å²) >= 11 is 4.87. The van der Waals surface area contributed by atoms with Gasteiger partial charge < -0.3 is 14.6 Å². The third-order valence-electron chi connectivity index (χ3n) is 2.70. The lowest BCUT2D eigenvalue weighted by Gasteiger charge is -2.12. The summed E-state index contributed by atoms with van der Waals surface area (Å²) in [5.74, 6) is 0.748. The second kappa shape index (κ2) is 6.51. The number of aliphatic hydroxyl groups excluding tert-OH is 1. The summed E-state index contributed by atoms with van der Waals surface area (Å²) < 4.78 is 12.7. The Kier molecular flexibility index (Phi) is 4.98. The van der Waals surface area contributed by atoms with Crippen molar-refractivity contribution in [3.8, 4) is 5.75 Å². The summed E-state index contributed by atoms with van der Waals surface area (Å²) in [5, 5.41) is 16.6. The van der Waals surface area contributed by atoms with E-state index >= 15 is 0 Å². The molecule has 0 saturated heterocycles. The predicted octanol–water partition coefficient (Wildman–Crippen LogP) is 2.44. The smallest absolute Gasteiger partial charge is 0.131 e. The molecule has 0 aliphatic rings. The third-order valence-corrected chi connectivity index (χ3v) is 4.27. The van der Waals surface area contributed by atoms with Crippen LogP contribution in [-0.4, -0.2) is 35.7 Å². The van der Waals surface area contributed by atoms with Crippen LogP contribution in [0.25, 0.3) is 0 Å². The van der Waals surface area contributed by atoms with E-state index in [1.807, 2.05) is 11.4 Å². The summed E-state index contributed by atoms with van der Waals surface area (Å²) in [6.45, 7) is 1.14. The fourth-order valence-corrected chi connectivity index (χ4v) is 3.07. The number of methoxy groups -OCH3 is 2.